The summed E-state index contributed by atoms with van der Waals surface area (Å²) in [6.07, 6.45) is 0. The number of methoxy groups -OCH3 is 2. The average Bonchev–Trinajstić information content (AvgIpc) is 2.86. The van der Waals surface area contributed by atoms with Gasteiger partial charge in [0.05, 0.1) is 25.5 Å². The Kier molecular flexibility index (Phi) is 4.94. The molecule has 134 valence electrons. The number of carbonyl (C=O) groups is 2. The second-order valence-electron chi connectivity index (χ2n) is 5.64. The van der Waals surface area contributed by atoms with Gasteiger partial charge in [0.1, 0.15) is 5.03 Å². The number of ether oxygens (including phenoxy) is 2. The van der Waals surface area contributed by atoms with E-state index in [0.29, 0.717) is 27.8 Å². The number of nitrogens with zero attached hydrogens (tertiary/aromatic N) is 1. The van der Waals surface area contributed by atoms with Gasteiger partial charge in [-0.25, -0.2) is 4.90 Å². The Bertz CT molecular complexity index is 953. The van der Waals surface area contributed by atoms with Crippen LogP contribution in [0.25, 0.3) is 5.57 Å². The SMILES string of the molecule is COc1ccc(C2=C(Cl)C(=O)N(c3ccc(C)c(Cl)c3)C2=O)cc1OC. The van der Waals surface area contributed by atoms with Crippen LogP contribution in [0, 0.1) is 6.92 Å². The minimum Gasteiger partial charge on any atom is -0.493 e. The second kappa shape index (κ2) is 7.02. The lowest BCUT2D eigenvalue weighted by molar-refractivity contribution is -0.119. The minimum atomic E-state index is -0.596. The molecule has 7 heteroatoms. The van der Waals surface area contributed by atoms with Crippen molar-refractivity contribution in [1.29, 1.82) is 0 Å². The standard InChI is InChI=1S/C19H15Cl2NO4/c1-10-4-6-12(9-13(10)20)22-18(23)16(17(21)19(22)24)11-5-7-14(25-2)15(8-11)26-3/h4-9H,1-3H3. The molecule has 3 rings (SSSR count). The fraction of sp³-hybridized carbons (Fsp3) is 0.158. The first-order valence-electron chi connectivity index (χ1n) is 7.66. The van der Waals surface area contributed by atoms with Gasteiger partial charge in [-0.05, 0) is 42.3 Å². The maximum absolute atomic E-state index is 12.9. The zero-order valence-electron chi connectivity index (χ0n) is 14.3. The van der Waals surface area contributed by atoms with Crippen LogP contribution in [-0.4, -0.2) is 26.0 Å². The summed E-state index contributed by atoms with van der Waals surface area (Å²) in [7, 11) is 3.00. The largest absolute Gasteiger partial charge is 0.493 e. The molecule has 0 unspecified atom stereocenters. The van der Waals surface area contributed by atoms with Crippen molar-refractivity contribution >= 4 is 46.3 Å². The molecule has 1 heterocycles. The summed E-state index contributed by atoms with van der Waals surface area (Å²) in [6, 6.07) is 9.85. The van der Waals surface area contributed by atoms with Crippen molar-refractivity contribution in [3.63, 3.8) is 0 Å². The second-order valence-corrected chi connectivity index (χ2v) is 6.42. The highest BCUT2D eigenvalue weighted by molar-refractivity contribution is 6.60. The Balaban J connectivity index is 2.05. The lowest BCUT2D eigenvalue weighted by Gasteiger charge is -2.16. The van der Waals surface area contributed by atoms with Crippen molar-refractivity contribution in [1.82, 2.24) is 0 Å². The van der Waals surface area contributed by atoms with Crippen molar-refractivity contribution in [2.45, 2.75) is 6.92 Å². The number of hydrogen-bond acceptors (Lipinski definition) is 4. The predicted molar refractivity (Wildman–Crippen MR) is 101 cm³/mol. The zero-order valence-corrected chi connectivity index (χ0v) is 15.8. The van der Waals surface area contributed by atoms with Crippen LogP contribution in [0.3, 0.4) is 0 Å². The molecule has 0 atom stereocenters. The smallest absolute Gasteiger partial charge is 0.277 e. The molecule has 0 saturated heterocycles. The summed E-state index contributed by atoms with van der Waals surface area (Å²) in [5.74, 6) is -0.181. The van der Waals surface area contributed by atoms with E-state index >= 15 is 0 Å². The Labute approximate surface area is 160 Å². The van der Waals surface area contributed by atoms with E-state index in [9.17, 15) is 9.59 Å². The molecule has 0 saturated carbocycles. The van der Waals surface area contributed by atoms with Crippen LogP contribution >= 0.6 is 23.2 Å². The first-order valence-corrected chi connectivity index (χ1v) is 8.41. The van der Waals surface area contributed by atoms with Gasteiger partial charge in [-0.2, -0.15) is 0 Å². The fourth-order valence-electron chi connectivity index (χ4n) is 2.70. The van der Waals surface area contributed by atoms with E-state index in [-0.39, 0.29) is 10.6 Å². The van der Waals surface area contributed by atoms with Crippen molar-refractivity contribution in [3.8, 4) is 11.5 Å². The summed E-state index contributed by atoms with van der Waals surface area (Å²) in [5.41, 5.74) is 1.78. The molecule has 1 aliphatic rings. The van der Waals surface area contributed by atoms with Gasteiger partial charge in [-0.1, -0.05) is 35.3 Å². The molecule has 26 heavy (non-hydrogen) atoms. The number of rotatable bonds is 4. The molecular weight excluding hydrogens is 377 g/mol. The van der Waals surface area contributed by atoms with Crippen LogP contribution in [0.1, 0.15) is 11.1 Å². The molecular formula is C19H15Cl2NO4. The summed E-state index contributed by atoms with van der Waals surface area (Å²) in [5, 5.41) is 0.303. The summed E-state index contributed by atoms with van der Waals surface area (Å²) >= 11 is 12.3. The van der Waals surface area contributed by atoms with Crippen molar-refractivity contribution < 1.29 is 19.1 Å². The Morgan fingerprint density at radius 2 is 1.58 bits per heavy atom. The van der Waals surface area contributed by atoms with Crippen LogP contribution in [0.15, 0.2) is 41.4 Å². The monoisotopic (exact) mass is 391 g/mol. The normalized spacial score (nSPS) is 14.3. The third kappa shape index (κ3) is 2.93. The Hall–Kier alpha value is -2.50. The van der Waals surface area contributed by atoms with Crippen LogP contribution in [0.2, 0.25) is 5.02 Å². The van der Waals surface area contributed by atoms with E-state index in [1.165, 1.54) is 14.2 Å². The molecule has 0 fully saturated rings. The van der Waals surface area contributed by atoms with E-state index in [4.69, 9.17) is 32.7 Å². The molecule has 1 aliphatic heterocycles. The molecule has 2 amide bonds. The summed E-state index contributed by atoms with van der Waals surface area (Å²) < 4.78 is 10.4. The van der Waals surface area contributed by atoms with E-state index in [0.717, 1.165) is 10.5 Å². The third-order valence-electron chi connectivity index (χ3n) is 4.11. The van der Waals surface area contributed by atoms with Crippen LogP contribution < -0.4 is 14.4 Å². The number of imide groups is 1. The lowest BCUT2D eigenvalue weighted by Crippen LogP contribution is -2.31. The van der Waals surface area contributed by atoms with E-state index in [1.54, 1.807) is 36.4 Å². The predicted octanol–water partition coefficient (Wildman–Crippen LogP) is 4.19. The summed E-state index contributed by atoms with van der Waals surface area (Å²) in [6.45, 7) is 1.83. The number of amides is 2. The van der Waals surface area contributed by atoms with Crippen LogP contribution in [-0.2, 0) is 9.59 Å². The molecule has 0 bridgehead atoms. The zero-order chi connectivity index (χ0) is 19.0. The first-order chi connectivity index (χ1) is 12.4. The van der Waals surface area contributed by atoms with Crippen molar-refractivity contribution in [2.24, 2.45) is 0 Å². The van der Waals surface area contributed by atoms with Gasteiger partial charge in [0.15, 0.2) is 11.5 Å². The molecule has 2 aromatic carbocycles. The van der Waals surface area contributed by atoms with Gasteiger partial charge >= 0.3 is 0 Å². The number of hydrogen-bond donors (Lipinski definition) is 0. The first kappa shape index (κ1) is 18.3. The number of benzene rings is 2. The van der Waals surface area contributed by atoms with Gasteiger partial charge in [0, 0.05) is 5.02 Å². The molecule has 0 N–H and O–H groups in total. The Morgan fingerprint density at radius 3 is 2.19 bits per heavy atom. The number of aryl methyl sites for hydroxylation is 1. The molecule has 2 aromatic rings. The number of anilines is 1. The molecule has 5 nitrogen and oxygen atoms in total. The van der Waals surface area contributed by atoms with Crippen LogP contribution in [0.5, 0.6) is 11.5 Å². The maximum atomic E-state index is 12.9. The van der Waals surface area contributed by atoms with Gasteiger partial charge in [-0.15, -0.1) is 0 Å². The van der Waals surface area contributed by atoms with E-state index in [1.807, 2.05) is 6.92 Å². The molecule has 0 aromatic heterocycles. The lowest BCUT2D eigenvalue weighted by atomic mass is 10.1. The van der Waals surface area contributed by atoms with Crippen LogP contribution in [0.4, 0.5) is 5.69 Å². The van der Waals surface area contributed by atoms with Gasteiger partial charge in [0.2, 0.25) is 0 Å². The highest BCUT2D eigenvalue weighted by Crippen LogP contribution is 2.38. The van der Waals surface area contributed by atoms with E-state index < -0.39 is 11.8 Å². The highest BCUT2D eigenvalue weighted by Gasteiger charge is 2.39. The molecule has 0 radical (unpaired) electrons. The Morgan fingerprint density at radius 1 is 0.885 bits per heavy atom. The number of carbonyl (C=O) groups excluding carboxylic acids is 2. The quantitative estimate of drug-likeness (QED) is 0.733. The van der Waals surface area contributed by atoms with Gasteiger partial charge in [-0.3, -0.25) is 9.59 Å². The number of halogens is 2. The van der Waals surface area contributed by atoms with Gasteiger partial charge < -0.3 is 9.47 Å². The topological polar surface area (TPSA) is 55.8 Å². The third-order valence-corrected chi connectivity index (χ3v) is 4.87. The van der Waals surface area contributed by atoms with E-state index in [2.05, 4.69) is 0 Å². The fourth-order valence-corrected chi connectivity index (χ4v) is 3.15. The van der Waals surface area contributed by atoms with Crippen molar-refractivity contribution in [2.75, 3.05) is 19.1 Å². The maximum Gasteiger partial charge on any atom is 0.277 e. The summed E-state index contributed by atoms with van der Waals surface area (Å²) in [4.78, 5) is 26.5. The minimum absolute atomic E-state index is 0.106. The molecule has 0 aliphatic carbocycles. The average molecular weight is 392 g/mol. The van der Waals surface area contributed by atoms with Gasteiger partial charge in [0.25, 0.3) is 11.8 Å². The molecule has 0 spiro atoms. The highest BCUT2D eigenvalue weighted by atomic mass is 35.5. The van der Waals surface area contributed by atoms with Crippen molar-refractivity contribution in [3.05, 3.63) is 57.6 Å².